The molecule has 0 spiro atoms. The van der Waals surface area contributed by atoms with Crippen molar-refractivity contribution in [2.24, 2.45) is 4.99 Å². The van der Waals surface area contributed by atoms with E-state index in [-0.39, 0.29) is 11.5 Å². The minimum Gasteiger partial charge on any atom is -0.478 e. The molecule has 29 heavy (non-hydrogen) atoms. The molecule has 2 heterocycles. The Bertz CT molecular complexity index is 1160. The molecule has 0 unspecified atom stereocenters. The molecule has 0 aliphatic carbocycles. The number of aliphatic imine (C=N–C) groups is 1. The van der Waals surface area contributed by atoms with Gasteiger partial charge in [-0.2, -0.15) is 0 Å². The van der Waals surface area contributed by atoms with Gasteiger partial charge in [0.1, 0.15) is 0 Å². The van der Waals surface area contributed by atoms with E-state index in [2.05, 4.69) is 10.3 Å². The van der Waals surface area contributed by atoms with E-state index in [4.69, 9.17) is 0 Å². The first-order valence-electron chi connectivity index (χ1n) is 8.87. The largest absolute Gasteiger partial charge is 0.478 e. The van der Waals surface area contributed by atoms with E-state index in [1.165, 1.54) is 11.8 Å². The molecule has 1 aliphatic rings. The van der Waals surface area contributed by atoms with E-state index >= 15 is 0 Å². The summed E-state index contributed by atoms with van der Waals surface area (Å²) < 4.78 is 1.84. The van der Waals surface area contributed by atoms with Gasteiger partial charge in [-0.3, -0.25) is 4.79 Å². The van der Waals surface area contributed by atoms with Crippen LogP contribution in [0.4, 0.5) is 5.69 Å². The van der Waals surface area contributed by atoms with E-state index in [0.29, 0.717) is 15.8 Å². The van der Waals surface area contributed by atoms with Crippen molar-refractivity contribution in [3.05, 3.63) is 88.6 Å². The second-order valence-electron chi connectivity index (χ2n) is 6.48. The molecule has 0 radical (unpaired) electrons. The maximum Gasteiger partial charge on any atom is 0.335 e. The average Bonchev–Trinajstić information content (AvgIpc) is 3.30. The number of aryl methyl sites for hydroxylation is 1. The number of carboxylic acid groups (broad SMARTS) is 1. The van der Waals surface area contributed by atoms with Crippen LogP contribution in [-0.2, 0) is 4.79 Å². The first-order valence-corrected chi connectivity index (χ1v) is 9.68. The zero-order valence-corrected chi connectivity index (χ0v) is 16.3. The summed E-state index contributed by atoms with van der Waals surface area (Å²) in [5.41, 5.74) is 3.59. The number of carbonyl (C=O) groups is 2. The molecule has 2 aromatic carbocycles. The molecule has 144 valence electrons. The van der Waals surface area contributed by atoms with Gasteiger partial charge < -0.3 is 15.0 Å². The van der Waals surface area contributed by atoms with Gasteiger partial charge in [-0.15, -0.1) is 0 Å². The molecular weight excluding hydrogens is 386 g/mol. The summed E-state index contributed by atoms with van der Waals surface area (Å²) in [5.74, 6) is -1.20. The van der Waals surface area contributed by atoms with Crippen LogP contribution in [0.25, 0.3) is 11.8 Å². The molecular formula is C22H17N3O3S. The lowest BCUT2D eigenvalue weighted by Crippen LogP contribution is -2.19. The van der Waals surface area contributed by atoms with Crippen molar-refractivity contribution in [1.29, 1.82) is 0 Å². The molecule has 1 amide bonds. The fourth-order valence-electron chi connectivity index (χ4n) is 2.89. The van der Waals surface area contributed by atoms with Crippen molar-refractivity contribution in [1.82, 2.24) is 9.88 Å². The van der Waals surface area contributed by atoms with Crippen molar-refractivity contribution >= 4 is 40.6 Å². The third-order valence-electron chi connectivity index (χ3n) is 4.35. The fourth-order valence-corrected chi connectivity index (χ4v) is 3.71. The molecule has 1 saturated heterocycles. The Morgan fingerprint density at radius 2 is 1.93 bits per heavy atom. The number of thioether (sulfide) groups is 1. The van der Waals surface area contributed by atoms with Crippen molar-refractivity contribution in [2.75, 3.05) is 0 Å². The van der Waals surface area contributed by atoms with E-state index < -0.39 is 5.97 Å². The Morgan fingerprint density at radius 1 is 1.14 bits per heavy atom. The first kappa shape index (κ1) is 18.8. The second kappa shape index (κ2) is 7.81. The summed E-state index contributed by atoms with van der Waals surface area (Å²) in [7, 11) is 0. The smallest absolute Gasteiger partial charge is 0.335 e. The van der Waals surface area contributed by atoms with Gasteiger partial charge in [-0.1, -0.05) is 23.8 Å². The lowest BCUT2D eigenvalue weighted by molar-refractivity contribution is -0.115. The minimum absolute atomic E-state index is 0.204. The number of benzene rings is 2. The molecule has 1 fully saturated rings. The van der Waals surface area contributed by atoms with Gasteiger partial charge in [0, 0.05) is 17.6 Å². The van der Waals surface area contributed by atoms with Crippen LogP contribution in [-0.4, -0.2) is 26.7 Å². The molecule has 1 aliphatic heterocycles. The first-order chi connectivity index (χ1) is 14.0. The van der Waals surface area contributed by atoms with E-state index in [9.17, 15) is 14.7 Å². The number of amidine groups is 1. The predicted octanol–water partition coefficient (Wildman–Crippen LogP) is 4.38. The number of rotatable bonds is 4. The van der Waals surface area contributed by atoms with Gasteiger partial charge in [0.15, 0.2) is 5.17 Å². The van der Waals surface area contributed by atoms with Crippen molar-refractivity contribution < 1.29 is 14.7 Å². The molecule has 0 bridgehead atoms. The number of nitrogens with zero attached hydrogens (tertiary/aromatic N) is 2. The van der Waals surface area contributed by atoms with Crippen LogP contribution >= 0.6 is 11.8 Å². The molecule has 7 heteroatoms. The molecule has 3 aromatic rings. The second-order valence-corrected chi connectivity index (χ2v) is 7.51. The molecule has 2 N–H and O–H groups in total. The Morgan fingerprint density at radius 3 is 2.69 bits per heavy atom. The van der Waals surface area contributed by atoms with Gasteiger partial charge in [0.2, 0.25) is 0 Å². The highest BCUT2D eigenvalue weighted by molar-refractivity contribution is 8.18. The third-order valence-corrected chi connectivity index (χ3v) is 5.26. The number of amides is 1. The predicted molar refractivity (Wildman–Crippen MR) is 115 cm³/mol. The summed E-state index contributed by atoms with van der Waals surface area (Å²) in [5, 5.41) is 12.5. The van der Waals surface area contributed by atoms with Crippen LogP contribution in [0, 0.1) is 6.92 Å². The van der Waals surface area contributed by atoms with Gasteiger partial charge >= 0.3 is 5.97 Å². The lowest BCUT2D eigenvalue weighted by Gasteiger charge is -2.07. The normalized spacial score (nSPS) is 16.4. The molecule has 1 aromatic heterocycles. The highest BCUT2D eigenvalue weighted by atomic mass is 32.2. The van der Waals surface area contributed by atoms with Crippen LogP contribution in [0.3, 0.4) is 0 Å². The van der Waals surface area contributed by atoms with Gasteiger partial charge in [-0.05, 0) is 67.2 Å². The third kappa shape index (κ3) is 4.14. The average molecular weight is 403 g/mol. The van der Waals surface area contributed by atoms with Gasteiger partial charge in [0.05, 0.1) is 16.2 Å². The van der Waals surface area contributed by atoms with E-state index in [0.717, 1.165) is 16.9 Å². The monoisotopic (exact) mass is 403 g/mol. The highest BCUT2D eigenvalue weighted by Gasteiger charge is 2.24. The Kier molecular flexibility index (Phi) is 5.05. The molecule has 0 saturated carbocycles. The van der Waals surface area contributed by atoms with Crippen molar-refractivity contribution in [2.45, 2.75) is 6.92 Å². The lowest BCUT2D eigenvalue weighted by atomic mass is 10.2. The summed E-state index contributed by atoms with van der Waals surface area (Å²) in [6.07, 6.45) is 3.59. The SMILES string of the molecule is Cc1ccc(N=C2NC(=O)/C(=C/c3cccn3-c3cccc(C(=O)O)c3)S2)cc1. The molecule has 0 atom stereocenters. The van der Waals surface area contributed by atoms with Gasteiger partial charge in [-0.25, -0.2) is 9.79 Å². The summed E-state index contributed by atoms with van der Waals surface area (Å²) >= 11 is 1.27. The zero-order chi connectivity index (χ0) is 20.4. The van der Waals surface area contributed by atoms with E-state index in [1.54, 1.807) is 24.3 Å². The Labute approximate surface area is 171 Å². The quantitative estimate of drug-likeness (QED) is 0.634. The fraction of sp³-hybridized carbons (Fsp3) is 0.0455. The topological polar surface area (TPSA) is 83.7 Å². The maximum absolute atomic E-state index is 12.4. The molecule has 6 nitrogen and oxygen atoms in total. The van der Waals surface area contributed by atoms with E-state index in [1.807, 2.05) is 60.2 Å². The number of aromatic carboxylic acids is 1. The number of hydrogen-bond acceptors (Lipinski definition) is 4. The Hall–Kier alpha value is -3.58. The number of carbonyl (C=O) groups excluding carboxylic acids is 1. The summed E-state index contributed by atoms with van der Waals surface area (Å²) in [6.45, 7) is 2.01. The molecule has 4 rings (SSSR count). The van der Waals surface area contributed by atoms with Gasteiger partial charge in [0.25, 0.3) is 5.91 Å². The van der Waals surface area contributed by atoms with Crippen molar-refractivity contribution in [3.63, 3.8) is 0 Å². The number of carboxylic acids is 1. The maximum atomic E-state index is 12.4. The number of aromatic nitrogens is 1. The highest BCUT2D eigenvalue weighted by Crippen LogP contribution is 2.29. The summed E-state index contributed by atoms with van der Waals surface area (Å²) in [4.78, 5) is 28.6. The Balaban J connectivity index is 1.62. The van der Waals surface area contributed by atoms with Crippen LogP contribution in [0.5, 0.6) is 0 Å². The number of nitrogens with one attached hydrogen (secondary N) is 1. The van der Waals surface area contributed by atoms with Crippen LogP contribution in [0.1, 0.15) is 21.6 Å². The minimum atomic E-state index is -0.985. The zero-order valence-electron chi connectivity index (χ0n) is 15.5. The van der Waals surface area contributed by atoms with Crippen LogP contribution < -0.4 is 5.32 Å². The summed E-state index contributed by atoms with van der Waals surface area (Å²) in [6, 6.07) is 18.1. The van der Waals surface area contributed by atoms with Crippen LogP contribution in [0.2, 0.25) is 0 Å². The number of hydrogen-bond donors (Lipinski definition) is 2. The van der Waals surface area contributed by atoms with Crippen LogP contribution in [0.15, 0.2) is 76.8 Å². The van der Waals surface area contributed by atoms with Crippen molar-refractivity contribution in [3.8, 4) is 5.69 Å². The standard InChI is InChI=1S/C22H17N3O3S/c1-14-7-9-16(10-8-14)23-22-24-20(26)19(29-22)13-18-6-3-11-25(18)17-5-2-4-15(12-17)21(27)28/h2-13H,1H3,(H,27,28)(H,23,24,26)/b19-13-.